The molecule has 28 heavy (non-hydrogen) atoms. The van der Waals surface area contributed by atoms with Crippen LogP contribution < -0.4 is 15.4 Å². The smallest absolute Gasteiger partial charge is 0.191 e. The number of aliphatic imine (C=N–C) groups is 1. The van der Waals surface area contributed by atoms with Crippen molar-refractivity contribution in [3.8, 4) is 5.75 Å². The lowest BCUT2D eigenvalue weighted by atomic mass is 9.85. The normalized spacial score (nSPS) is 11.5. The fourth-order valence-electron chi connectivity index (χ4n) is 2.63. The van der Waals surface area contributed by atoms with Crippen LogP contribution in [0.25, 0.3) is 0 Å². The van der Waals surface area contributed by atoms with Crippen molar-refractivity contribution in [3.05, 3.63) is 58.9 Å². The number of rotatable bonds is 8. The highest BCUT2D eigenvalue weighted by Gasteiger charge is 2.21. The summed E-state index contributed by atoms with van der Waals surface area (Å²) in [6, 6.07) is 12.0. The number of benzene rings is 1. The van der Waals surface area contributed by atoms with Crippen molar-refractivity contribution in [2.45, 2.75) is 32.6 Å². The first-order chi connectivity index (χ1) is 12.9. The number of methoxy groups -OCH3 is 1. The van der Waals surface area contributed by atoms with E-state index in [9.17, 15) is 0 Å². The van der Waals surface area contributed by atoms with E-state index in [0.717, 1.165) is 36.8 Å². The van der Waals surface area contributed by atoms with Gasteiger partial charge in [-0.15, -0.1) is 24.0 Å². The van der Waals surface area contributed by atoms with Crippen LogP contribution in [0.3, 0.4) is 0 Å². The van der Waals surface area contributed by atoms with E-state index < -0.39 is 0 Å². The Balaban J connectivity index is 0.00000392. The molecule has 2 aromatic rings. The number of nitrogens with zero attached hydrogens (tertiary/aromatic N) is 2. The number of pyridine rings is 1. The molecule has 7 heteroatoms. The van der Waals surface area contributed by atoms with Crippen LogP contribution in [-0.2, 0) is 11.8 Å². The molecule has 154 valence electrons. The van der Waals surface area contributed by atoms with Crippen molar-refractivity contribution >= 4 is 41.5 Å². The Labute approximate surface area is 190 Å². The van der Waals surface area contributed by atoms with Gasteiger partial charge in [-0.1, -0.05) is 43.6 Å². The molecule has 2 N–H and O–H groups in total. The van der Waals surface area contributed by atoms with E-state index in [2.05, 4.69) is 48.5 Å². The lowest BCUT2D eigenvalue weighted by Crippen LogP contribution is -2.39. The van der Waals surface area contributed by atoms with Crippen molar-refractivity contribution in [2.24, 2.45) is 4.99 Å². The summed E-state index contributed by atoms with van der Waals surface area (Å²) >= 11 is 5.83. The predicted molar refractivity (Wildman–Crippen MR) is 128 cm³/mol. The molecule has 1 heterocycles. The van der Waals surface area contributed by atoms with Gasteiger partial charge in [0.1, 0.15) is 10.9 Å². The number of hydrogen-bond acceptors (Lipinski definition) is 3. The van der Waals surface area contributed by atoms with E-state index in [4.69, 9.17) is 21.3 Å². The van der Waals surface area contributed by atoms with Crippen LogP contribution in [0.2, 0.25) is 5.15 Å². The van der Waals surface area contributed by atoms with Crippen LogP contribution in [0, 0.1) is 0 Å². The largest absolute Gasteiger partial charge is 0.497 e. The molecule has 2 rings (SSSR count). The van der Waals surface area contributed by atoms with E-state index in [-0.39, 0.29) is 29.4 Å². The van der Waals surface area contributed by atoms with Gasteiger partial charge < -0.3 is 15.4 Å². The maximum atomic E-state index is 5.83. The van der Waals surface area contributed by atoms with Gasteiger partial charge in [-0.2, -0.15) is 0 Å². The zero-order chi connectivity index (χ0) is 19.7. The molecule has 1 aromatic carbocycles. The molecule has 0 unspecified atom stereocenters. The number of aromatic nitrogens is 1. The maximum Gasteiger partial charge on any atom is 0.191 e. The zero-order valence-electron chi connectivity index (χ0n) is 17.0. The van der Waals surface area contributed by atoms with E-state index in [1.165, 1.54) is 5.56 Å². The third-order valence-electron chi connectivity index (χ3n) is 4.32. The molecule has 0 saturated heterocycles. The van der Waals surface area contributed by atoms with Crippen LogP contribution in [0.5, 0.6) is 5.75 Å². The first-order valence-electron chi connectivity index (χ1n) is 9.22. The molecule has 0 bridgehead atoms. The number of ether oxygens (including phenoxy) is 1. The third-order valence-corrected chi connectivity index (χ3v) is 4.55. The monoisotopic (exact) mass is 516 g/mol. The highest BCUT2D eigenvalue weighted by Crippen LogP contribution is 2.26. The summed E-state index contributed by atoms with van der Waals surface area (Å²) in [6.07, 6.45) is 2.66. The lowest BCUT2D eigenvalue weighted by molar-refractivity contribution is 0.412. The van der Waals surface area contributed by atoms with E-state index >= 15 is 0 Å². The van der Waals surface area contributed by atoms with Crippen molar-refractivity contribution < 1.29 is 4.74 Å². The first-order valence-corrected chi connectivity index (χ1v) is 9.59. The molecule has 0 aliphatic carbocycles. The Morgan fingerprint density at radius 1 is 1.21 bits per heavy atom. The van der Waals surface area contributed by atoms with Gasteiger partial charge >= 0.3 is 0 Å². The lowest BCUT2D eigenvalue weighted by Gasteiger charge is -2.24. The first kappa shape index (κ1) is 24.5. The minimum absolute atomic E-state index is 0. The Morgan fingerprint density at radius 3 is 2.64 bits per heavy atom. The van der Waals surface area contributed by atoms with Gasteiger partial charge in [-0.05, 0) is 42.7 Å². The Bertz CT molecular complexity index is 750. The van der Waals surface area contributed by atoms with Crippen molar-refractivity contribution in [1.82, 2.24) is 15.6 Å². The molecule has 1 aromatic heterocycles. The molecule has 0 aliphatic heterocycles. The van der Waals surface area contributed by atoms with Crippen LogP contribution in [0.1, 0.15) is 31.9 Å². The van der Waals surface area contributed by atoms with Gasteiger partial charge in [0.05, 0.1) is 13.7 Å². The molecule has 0 spiro atoms. The van der Waals surface area contributed by atoms with Crippen LogP contribution in [0.4, 0.5) is 0 Å². The van der Waals surface area contributed by atoms with Gasteiger partial charge in [0.25, 0.3) is 0 Å². The summed E-state index contributed by atoms with van der Waals surface area (Å²) in [5.74, 6) is 1.68. The number of guanidine groups is 1. The van der Waals surface area contributed by atoms with Crippen LogP contribution in [-0.4, -0.2) is 37.7 Å². The summed E-state index contributed by atoms with van der Waals surface area (Å²) in [7, 11) is 1.69. The Kier molecular flexibility index (Phi) is 10.6. The second-order valence-corrected chi connectivity index (χ2v) is 7.36. The third kappa shape index (κ3) is 7.83. The SMILES string of the molecule is CCNC(=NCC(C)(C)c1cccc(OC)c1)NCCc1ccc(Cl)nc1.I. The van der Waals surface area contributed by atoms with E-state index in [1.54, 1.807) is 13.3 Å². The zero-order valence-corrected chi connectivity index (χ0v) is 20.0. The van der Waals surface area contributed by atoms with Crippen molar-refractivity contribution in [3.63, 3.8) is 0 Å². The van der Waals surface area contributed by atoms with Gasteiger partial charge in [-0.3, -0.25) is 4.99 Å². The second kappa shape index (κ2) is 12.1. The van der Waals surface area contributed by atoms with Gasteiger partial charge in [0, 0.05) is 24.7 Å². The van der Waals surface area contributed by atoms with Crippen molar-refractivity contribution in [1.29, 1.82) is 0 Å². The maximum absolute atomic E-state index is 5.83. The highest BCUT2D eigenvalue weighted by molar-refractivity contribution is 14.0. The summed E-state index contributed by atoms with van der Waals surface area (Å²) in [5, 5.41) is 7.20. The summed E-state index contributed by atoms with van der Waals surface area (Å²) in [5.41, 5.74) is 2.24. The molecular formula is C21H30ClIN4O. The molecule has 0 saturated carbocycles. The van der Waals surface area contributed by atoms with E-state index in [0.29, 0.717) is 11.7 Å². The minimum atomic E-state index is -0.100. The molecule has 0 aliphatic rings. The fraction of sp³-hybridized carbons (Fsp3) is 0.429. The molecule has 0 fully saturated rings. The molecule has 0 radical (unpaired) electrons. The average molecular weight is 517 g/mol. The molecule has 0 amide bonds. The van der Waals surface area contributed by atoms with Crippen LogP contribution in [0.15, 0.2) is 47.6 Å². The molecular weight excluding hydrogens is 487 g/mol. The molecule has 5 nitrogen and oxygen atoms in total. The highest BCUT2D eigenvalue weighted by atomic mass is 127. The van der Waals surface area contributed by atoms with Crippen LogP contribution >= 0.6 is 35.6 Å². The molecule has 0 atom stereocenters. The van der Waals surface area contributed by atoms with Crippen molar-refractivity contribution in [2.75, 3.05) is 26.7 Å². The summed E-state index contributed by atoms with van der Waals surface area (Å²) < 4.78 is 5.34. The number of nitrogens with one attached hydrogen (secondary N) is 2. The Morgan fingerprint density at radius 2 is 2.00 bits per heavy atom. The summed E-state index contributed by atoms with van der Waals surface area (Å²) in [6.45, 7) is 8.69. The van der Waals surface area contributed by atoms with E-state index in [1.807, 2.05) is 24.3 Å². The minimum Gasteiger partial charge on any atom is -0.497 e. The fourth-order valence-corrected chi connectivity index (χ4v) is 2.75. The standard InChI is InChI=1S/C21H29ClN4O.HI/c1-5-23-20(24-12-11-16-9-10-19(22)25-14-16)26-15-21(2,3)17-7-6-8-18(13-17)27-4;/h6-10,13-14H,5,11-12,15H2,1-4H3,(H2,23,24,26);1H. The number of halogens is 2. The Hall–Kier alpha value is -1.54. The second-order valence-electron chi connectivity index (χ2n) is 6.98. The van der Waals surface area contributed by atoms with Gasteiger partial charge in [0.2, 0.25) is 0 Å². The quantitative estimate of drug-likeness (QED) is 0.236. The predicted octanol–water partition coefficient (Wildman–Crippen LogP) is 4.44. The van der Waals surface area contributed by atoms with Gasteiger partial charge in [-0.25, -0.2) is 4.98 Å². The van der Waals surface area contributed by atoms with Gasteiger partial charge in [0.15, 0.2) is 5.96 Å². The average Bonchev–Trinajstić information content (AvgIpc) is 2.67. The summed E-state index contributed by atoms with van der Waals surface area (Å²) in [4.78, 5) is 8.89. The number of hydrogen-bond donors (Lipinski definition) is 2. The topological polar surface area (TPSA) is 58.5 Å².